The van der Waals surface area contributed by atoms with Gasteiger partial charge in [-0.3, -0.25) is 14.5 Å². The van der Waals surface area contributed by atoms with Gasteiger partial charge in [0.1, 0.15) is 0 Å². The molecule has 1 aromatic rings. The molecule has 1 aromatic carbocycles. The van der Waals surface area contributed by atoms with Gasteiger partial charge in [-0.05, 0) is 54.5 Å². The first-order valence-corrected chi connectivity index (χ1v) is 9.19. The molecule has 24 heavy (non-hydrogen) atoms. The molecule has 2 aliphatic rings. The smallest absolute Gasteiger partial charge is 0.293 e. The minimum absolute atomic E-state index is 0.275. The molecular formula is C16H16ClN3O2S2. The van der Waals surface area contributed by atoms with Gasteiger partial charge in [-0.15, -0.1) is 0 Å². The second-order valence-corrected chi connectivity index (χ2v) is 7.34. The van der Waals surface area contributed by atoms with Crippen LogP contribution in [0.5, 0.6) is 0 Å². The summed E-state index contributed by atoms with van der Waals surface area (Å²) < 4.78 is 0. The lowest BCUT2D eigenvalue weighted by Crippen LogP contribution is -2.42. The molecule has 0 aromatic heterocycles. The van der Waals surface area contributed by atoms with Crippen molar-refractivity contribution in [2.75, 3.05) is 13.1 Å². The van der Waals surface area contributed by atoms with Crippen LogP contribution in [0.2, 0.25) is 5.02 Å². The minimum atomic E-state index is -0.298. The lowest BCUT2D eigenvalue weighted by Gasteiger charge is -2.14. The van der Waals surface area contributed by atoms with Crippen molar-refractivity contribution in [1.29, 1.82) is 0 Å². The Kier molecular flexibility index (Phi) is 5.43. The Morgan fingerprint density at radius 1 is 1.38 bits per heavy atom. The van der Waals surface area contributed by atoms with Crippen molar-refractivity contribution >= 4 is 57.9 Å². The van der Waals surface area contributed by atoms with Crippen molar-refractivity contribution in [3.05, 3.63) is 39.8 Å². The highest BCUT2D eigenvalue weighted by Crippen LogP contribution is 2.33. The molecule has 5 nitrogen and oxygen atoms in total. The quantitative estimate of drug-likeness (QED) is 0.604. The number of rotatable bonds is 5. The average molecular weight is 382 g/mol. The number of carbonyl (C=O) groups excluding carboxylic acids is 2. The molecular weight excluding hydrogens is 366 g/mol. The normalized spacial score (nSPS) is 19.0. The summed E-state index contributed by atoms with van der Waals surface area (Å²) in [6.07, 6.45) is 3.93. The molecule has 2 fully saturated rings. The van der Waals surface area contributed by atoms with E-state index in [2.05, 4.69) is 10.6 Å². The lowest BCUT2D eigenvalue weighted by molar-refractivity contribution is -0.122. The predicted molar refractivity (Wildman–Crippen MR) is 101 cm³/mol. The summed E-state index contributed by atoms with van der Waals surface area (Å²) in [7, 11) is 0. The molecule has 0 radical (unpaired) electrons. The summed E-state index contributed by atoms with van der Waals surface area (Å²) in [4.78, 5) is 26.0. The molecule has 126 valence electrons. The maximum atomic E-state index is 12.4. The van der Waals surface area contributed by atoms with E-state index >= 15 is 0 Å². The standard InChI is InChI=1S/C16H16ClN3O2S2/c17-12-4-2-1-3-10(12)9-13-14(21)20(16(22)24-13)8-7-18-15(23)19-11-5-6-11/h1-4,9,11H,5-8H2,(H2,18,19,23)/b13-9-. The molecule has 2 amide bonds. The Bertz CT molecular complexity index is 719. The number of hydrogen-bond donors (Lipinski definition) is 2. The zero-order valence-corrected chi connectivity index (χ0v) is 15.1. The average Bonchev–Trinajstić information content (AvgIpc) is 3.31. The SMILES string of the molecule is O=C1S/C(=C\c2ccccc2Cl)C(=O)N1CCNC(=S)NC1CC1. The van der Waals surface area contributed by atoms with Gasteiger partial charge in [-0.1, -0.05) is 29.8 Å². The first-order valence-electron chi connectivity index (χ1n) is 7.59. The fourth-order valence-corrected chi connectivity index (χ4v) is 3.49. The Hall–Kier alpha value is -1.57. The first-order chi connectivity index (χ1) is 11.5. The van der Waals surface area contributed by atoms with Crippen LogP contribution in [0, 0.1) is 0 Å². The summed E-state index contributed by atoms with van der Waals surface area (Å²) >= 11 is 12.2. The highest BCUT2D eigenvalue weighted by molar-refractivity contribution is 8.18. The Labute approximate surface area is 154 Å². The van der Waals surface area contributed by atoms with E-state index in [1.807, 2.05) is 12.1 Å². The maximum Gasteiger partial charge on any atom is 0.293 e. The summed E-state index contributed by atoms with van der Waals surface area (Å²) in [5.41, 5.74) is 0.720. The number of amides is 2. The Morgan fingerprint density at radius 2 is 2.12 bits per heavy atom. The van der Waals surface area contributed by atoms with Crippen LogP contribution in [0.3, 0.4) is 0 Å². The number of nitrogens with one attached hydrogen (secondary N) is 2. The number of halogens is 1. The predicted octanol–water partition coefficient (Wildman–Crippen LogP) is 3.00. The van der Waals surface area contributed by atoms with Gasteiger partial charge in [0, 0.05) is 24.2 Å². The van der Waals surface area contributed by atoms with Crippen molar-refractivity contribution in [2.45, 2.75) is 18.9 Å². The van der Waals surface area contributed by atoms with Gasteiger partial charge in [0.2, 0.25) is 0 Å². The van der Waals surface area contributed by atoms with Crippen LogP contribution in [-0.4, -0.2) is 40.3 Å². The van der Waals surface area contributed by atoms with E-state index < -0.39 is 0 Å². The van der Waals surface area contributed by atoms with Crippen molar-refractivity contribution in [2.24, 2.45) is 0 Å². The molecule has 3 rings (SSSR count). The van der Waals surface area contributed by atoms with Crippen LogP contribution in [0.1, 0.15) is 18.4 Å². The van der Waals surface area contributed by atoms with Gasteiger partial charge in [0.05, 0.1) is 4.91 Å². The van der Waals surface area contributed by atoms with Crippen LogP contribution >= 0.6 is 35.6 Å². The third-order valence-corrected chi connectivity index (χ3v) is 5.11. The summed E-state index contributed by atoms with van der Waals surface area (Å²) in [5.74, 6) is -0.298. The molecule has 0 spiro atoms. The van der Waals surface area contributed by atoms with Crippen LogP contribution in [0.4, 0.5) is 4.79 Å². The fraction of sp³-hybridized carbons (Fsp3) is 0.312. The number of imide groups is 1. The Morgan fingerprint density at radius 3 is 2.83 bits per heavy atom. The molecule has 1 saturated carbocycles. The molecule has 0 unspecified atom stereocenters. The number of thioether (sulfide) groups is 1. The van der Waals surface area contributed by atoms with Gasteiger partial charge in [0.25, 0.3) is 11.1 Å². The van der Waals surface area contributed by atoms with Gasteiger partial charge in [-0.2, -0.15) is 0 Å². The van der Waals surface area contributed by atoms with E-state index in [1.165, 1.54) is 4.90 Å². The van der Waals surface area contributed by atoms with Crippen molar-refractivity contribution in [3.8, 4) is 0 Å². The van der Waals surface area contributed by atoms with E-state index in [-0.39, 0.29) is 17.7 Å². The molecule has 1 heterocycles. The maximum absolute atomic E-state index is 12.4. The second kappa shape index (κ2) is 7.55. The molecule has 1 saturated heterocycles. The van der Waals surface area contributed by atoms with Gasteiger partial charge >= 0.3 is 0 Å². The van der Waals surface area contributed by atoms with E-state index in [0.717, 1.165) is 30.2 Å². The zero-order chi connectivity index (χ0) is 17.1. The summed E-state index contributed by atoms with van der Waals surface area (Å²) in [5, 5.41) is 7.00. The summed E-state index contributed by atoms with van der Waals surface area (Å²) in [6.45, 7) is 0.701. The first kappa shape index (κ1) is 17.3. The Balaban J connectivity index is 1.57. The third-order valence-electron chi connectivity index (χ3n) is 3.60. The van der Waals surface area contributed by atoms with E-state index in [1.54, 1.807) is 18.2 Å². The number of benzene rings is 1. The number of carbonyl (C=O) groups is 2. The highest BCUT2D eigenvalue weighted by Gasteiger charge is 2.34. The van der Waals surface area contributed by atoms with Crippen LogP contribution < -0.4 is 10.6 Å². The molecule has 8 heteroatoms. The van der Waals surface area contributed by atoms with Crippen LogP contribution in [0.15, 0.2) is 29.2 Å². The zero-order valence-electron chi connectivity index (χ0n) is 12.8. The largest absolute Gasteiger partial charge is 0.361 e. The third kappa shape index (κ3) is 4.28. The fourth-order valence-electron chi connectivity index (χ4n) is 2.17. The van der Waals surface area contributed by atoms with E-state index in [9.17, 15) is 9.59 Å². The number of hydrogen-bond acceptors (Lipinski definition) is 4. The van der Waals surface area contributed by atoms with Crippen LogP contribution in [-0.2, 0) is 4.79 Å². The summed E-state index contributed by atoms with van der Waals surface area (Å²) in [6, 6.07) is 7.67. The topological polar surface area (TPSA) is 61.4 Å². The van der Waals surface area contributed by atoms with Crippen LogP contribution in [0.25, 0.3) is 6.08 Å². The lowest BCUT2D eigenvalue weighted by atomic mass is 10.2. The molecule has 1 aliphatic carbocycles. The van der Waals surface area contributed by atoms with E-state index in [0.29, 0.717) is 27.6 Å². The molecule has 0 bridgehead atoms. The van der Waals surface area contributed by atoms with Gasteiger partial charge in [-0.25, -0.2) is 0 Å². The molecule has 2 N–H and O–H groups in total. The van der Waals surface area contributed by atoms with Crippen molar-refractivity contribution in [3.63, 3.8) is 0 Å². The van der Waals surface area contributed by atoms with Crippen molar-refractivity contribution < 1.29 is 9.59 Å². The number of thiocarbonyl (C=S) groups is 1. The number of nitrogens with zero attached hydrogens (tertiary/aromatic N) is 1. The van der Waals surface area contributed by atoms with E-state index in [4.69, 9.17) is 23.8 Å². The monoisotopic (exact) mass is 381 g/mol. The minimum Gasteiger partial charge on any atom is -0.361 e. The molecule has 1 aliphatic heterocycles. The highest BCUT2D eigenvalue weighted by atomic mass is 35.5. The van der Waals surface area contributed by atoms with Gasteiger partial charge in [0.15, 0.2) is 5.11 Å². The van der Waals surface area contributed by atoms with Crippen molar-refractivity contribution in [1.82, 2.24) is 15.5 Å². The molecule has 0 atom stereocenters. The second-order valence-electron chi connectivity index (χ2n) is 5.53. The van der Waals surface area contributed by atoms with Gasteiger partial charge < -0.3 is 10.6 Å².